The Bertz CT molecular complexity index is 1620. The van der Waals surface area contributed by atoms with Crippen molar-refractivity contribution < 1.29 is 4.57 Å². The van der Waals surface area contributed by atoms with Gasteiger partial charge in [-0.2, -0.15) is 0 Å². The monoisotopic (exact) mass is 549 g/mol. The lowest BCUT2D eigenvalue weighted by molar-refractivity contribution is 0.585. The van der Waals surface area contributed by atoms with Gasteiger partial charge >= 0.3 is 0 Å². The van der Waals surface area contributed by atoms with Gasteiger partial charge in [0.25, 0.3) is 0 Å². The third-order valence-electron chi connectivity index (χ3n) is 6.80. The normalized spacial score (nSPS) is 12.6. The van der Waals surface area contributed by atoms with Crippen molar-refractivity contribution in [1.29, 1.82) is 0 Å². The molecule has 6 rings (SSSR count). The Hall–Kier alpha value is -3.41. The molecule has 0 radical (unpaired) electrons. The predicted octanol–water partition coefficient (Wildman–Crippen LogP) is 7.79. The maximum Gasteiger partial charge on any atom is 0.164 e. The summed E-state index contributed by atoms with van der Waals surface area (Å²) in [5.41, 5.74) is 1.97. The molecule has 5 aromatic carbocycles. The molecule has 0 aliphatic rings. The van der Waals surface area contributed by atoms with Crippen LogP contribution in [0.3, 0.4) is 0 Å². The summed E-state index contributed by atoms with van der Waals surface area (Å²) < 4.78 is 17.5. The second-order valence-corrected chi connectivity index (χ2v) is 14.8. The van der Waals surface area contributed by atoms with E-state index in [1.54, 1.807) is 0 Å². The van der Waals surface area contributed by atoms with E-state index in [-0.39, 0.29) is 0 Å². The van der Waals surface area contributed by atoms with Crippen molar-refractivity contribution in [3.63, 3.8) is 0 Å². The molecule has 0 aliphatic carbocycles. The van der Waals surface area contributed by atoms with E-state index in [2.05, 4.69) is 77.3 Å². The van der Waals surface area contributed by atoms with Crippen LogP contribution in [0.25, 0.3) is 10.9 Å². The number of halogens is 1. The van der Waals surface area contributed by atoms with Crippen molar-refractivity contribution in [3.05, 3.63) is 157 Å². The van der Waals surface area contributed by atoms with Crippen molar-refractivity contribution in [2.75, 3.05) is 0 Å². The quantitative estimate of drug-likeness (QED) is 0.147. The molecule has 1 unspecified atom stereocenters. The highest BCUT2D eigenvalue weighted by molar-refractivity contribution is 7.80. The fraction of sp³-hybridized carbons (Fsp3) is 0.0303. The third-order valence-corrected chi connectivity index (χ3v) is 13.2. The first kappa shape index (κ1) is 24.9. The number of alkyl halides is 1. The van der Waals surface area contributed by atoms with Crippen molar-refractivity contribution in [3.8, 4) is 0 Å². The summed E-state index contributed by atoms with van der Waals surface area (Å²) in [6.07, 6.45) is 2.15. The fourth-order valence-electron chi connectivity index (χ4n) is 4.99. The van der Waals surface area contributed by atoms with E-state index in [9.17, 15) is 0 Å². The van der Waals surface area contributed by atoms with Gasteiger partial charge in [-0.1, -0.05) is 140 Å². The lowest BCUT2D eigenvalue weighted by Crippen LogP contribution is -2.19. The van der Waals surface area contributed by atoms with Crippen molar-refractivity contribution >= 4 is 58.9 Å². The Morgan fingerprint density at radius 1 is 0.579 bits per heavy atom. The number of aromatic nitrogens is 1. The van der Waals surface area contributed by atoms with Gasteiger partial charge in [-0.3, -0.25) is 0 Å². The van der Waals surface area contributed by atoms with Crippen LogP contribution in [-0.4, -0.2) is 4.34 Å². The summed E-state index contributed by atoms with van der Waals surface area (Å²) in [5.74, 6) is 0. The lowest BCUT2D eigenvalue weighted by atomic mass is 10.2. The molecule has 0 aliphatic heterocycles. The smallest absolute Gasteiger partial charge is 0.164 e. The van der Waals surface area contributed by atoms with Gasteiger partial charge in [-0.25, -0.2) is 0 Å². The molecule has 2 nitrogen and oxygen atoms in total. The topological polar surface area (TPSA) is 22.0 Å². The van der Waals surface area contributed by atoms with Crippen LogP contribution in [0.2, 0.25) is 0 Å². The van der Waals surface area contributed by atoms with Gasteiger partial charge in [0.15, 0.2) is 7.14 Å². The lowest BCUT2D eigenvalue weighted by Gasteiger charge is -2.24. The molecule has 0 amide bonds. The Kier molecular flexibility index (Phi) is 7.05. The molecule has 186 valence electrons. The molecule has 1 heterocycles. The molecule has 1 atom stereocenters. The highest BCUT2D eigenvalue weighted by Crippen LogP contribution is 2.61. The number of benzene rings is 5. The van der Waals surface area contributed by atoms with Crippen LogP contribution in [0.5, 0.6) is 0 Å². The summed E-state index contributed by atoms with van der Waals surface area (Å²) in [6.45, 7) is 0. The number of para-hydroxylation sites is 1. The molecular formula is C33H26ClNOP2. The molecular weight excluding hydrogens is 524 g/mol. The maximum absolute atomic E-state index is 15.1. The van der Waals surface area contributed by atoms with Crippen LogP contribution >= 0.6 is 26.8 Å². The number of hydrogen-bond acceptors (Lipinski definition) is 1. The minimum Gasteiger partial charge on any atom is -0.317 e. The molecule has 38 heavy (non-hydrogen) atoms. The molecule has 0 N–H and O–H groups in total. The molecule has 0 spiro atoms. The van der Waals surface area contributed by atoms with E-state index < -0.39 is 20.3 Å². The first-order valence-corrected chi connectivity index (χ1v) is 16.0. The average Bonchev–Trinajstić information content (AvgIpc) is 3.37. The van der Waals surface area contributed by atoms with Crippen LogP contribution < -0.4 is 21.2 Å². The number of hydrogen-bond donors (Lipinski definition) is 0. The van der Waals surface area contributed by atoms with E-state index in [0.29, 0.717) is 0 Å². The average molecular weight is 550 g/mol. The largest absolute Gasteiger partial charge is 0.317 e. The Morgan fingerprint density at radius 3 is 1.50 bits per heavy atom. The van der Waals surface area contributed by atoms with Gasteiger partial charge in [0.1, 0.15) is 5.12 Å². The van der Waals surface area contributed by atoms with E-state index in [1.807, 2.05) is 78.9 Å². The summed E-state index contributed by atoms with van der Waals surface area (Å²) >= 11 is 7.40. The molecule has 0 saturated carbocycles. The van der Waals surface area contributed by atoms with Crippen LogP contribution in [0.4, 0.5) is 0 Å². The fourth-order valence-corrected chi connectivity index (χ4v) is 10.8. The Labute approximate surface area is 229 Å². The molecule has 0 fully saturated rings. The maximum atomic E-state index is 15.1. The van der Waals surface area contributed by atoms with Gasteiger partial charge < -0.3 is 8.90 Å². The highest BCUT2D eigenvalue weighted by atomic mass is 35.5. The van der Waals surface area contributed by atoms with Crippen LogP contribution in [-0.2, 0) is 4.57 Å². The summed E-state index contributed by atoms with van der Waals surface area (Å²) in [4.78, 5) is 0. The van der Waals surface area contributed by atoms with Gasteiger partial charge in [0.05, 0.1) is 13.6 Å². The van der Waals surface area contributed by atoms with E-state index >= 15 is 4.57 Å². The molecule has 1 aromatic heterocycles. The highest BCUT2D eigenvalue weighted by Gasteiger charge is 2.38. The van der Waals surface area contributed by atoms with Gasteiger partial charge in [-0.15, -0.1) is 11.6 Å². The standard InChI is InChI=1S/C33H26ClNOP2/c34-33(38(36,28-19-9-3-10-20-28)29-21-11-4-12-22-29)31-25-35(32-24-14-13-23-30(31)32)37(26-15-5-1-6-16-26)27-17-7-2-8-18-27/h1-25,33H. The summed E-state index contributed by atoms with van der Waals surface area (Å²) in [5, 5.41) is 4.29. The van der Waals surface area contributed by atoms with E-state index in [1.165, 1.54) is 10.6 Å². The van der Waals surface area contributed by atoms with Gasteiger partial charge in [-0.05, 0) is 6.07 Å². The Morgan fingerprint density at radius 2 is 1.00 bits per heavy atom. The van der Waals surface area contributed by atoms with Gasteiger partial charge in [0.2, 0.25) is 0 Å². The zero-order valence-electron chi connectivity index (χ0n) is 20.6. The van der Waals surface area contributed by atoms with Gasteiger partial charge in [0, 0.05) is 38.4 Å². The SMILES string of the molecule is O=P(c1ccccc1)(c1ccccc1)C(Cl)c1cn(P(c2ccccc2)c2ccccc2)c2ccccc12. The third kappa shape index (κ3) is 4.44. The first-order chi connectivity index (χ1) is 18.7. The minimum atomic E-state index is -3.24. The van der Waals surface area contributed by atoms with Crippen LogP contribution in [0.1, 0.15) is 10.7 Å². The molecule has 6 aromatic rings. The van der Waals surface area contributed by atoms with Crippen molar-refractivity contribution in [1.82, 2.24) is 4.34 Å². The van der Waals surface area contributed by atoms with Crippen molar-refractivity contribution in [2.45, 2.75) is 5.12 Å². The van der Waals surface area contributed by atoms with E-state index in [4.69, 9.17) is 11.6 Å². The zero-order chi connectivity index (χ0) is 26.0. The minimum absolute atomic E-state index is 0.734. The second kappa shape index (κ2) is 10.8. The van der Waals surface area contributed by atoms with Crippen LogP contribution in [0.15, 0.2) is 152 Å². The first-order valence-electron chi connectivity index (χ1n) is 12.5. The van der Waals surface area contributed by atoms with Crippen molar-refractivity contribution in [2.24, 2.45) is 0 Å². The number of rotatable bonds is 7. The number of nitrogens with zero attached hydrogens (tertiary/aromatic N) is 1. The second-order valence-electron chi connectivity index (χ2n) is 9.09. The summed E-state index contributed by atoms with van der Waals surface area (Å²) in [6, 6.07) is 48.9. The van der Waals surface area contributed by atoms with Crippen LogP contribution in [0, 0.1) is 0 Å². The predicted molar refractivity (Wildman–Crippen MR) is 165 cm³/mol. The molecule has 0 saturated heterocycles. The summed E-state index contributed by atoms with van der Waals surface area (Å²) in [7, 11) is -4.17. The Balaban J connectivity index is 1.59. The molecule has 5 heteroatoms. The molecule has 0 bridgehead atoms. The zero-order valence-corrected chi connectivity index (χ0v) is 23.2. The number of fused-ring (bicyclic) bond motifs is 1. The van der Waals surface area contributed by atoms with E-state index in [0.717, 1.165) is 27.1 Å².